The molecule has 86 valence electrons. The molecule has 3 rings (SSSR count). The molecule has 0 bridgehead atoms. The minimum Gasteiger partial charge on any atom is -0.390 e. The van der Waals surface area contributed by atoms with E-state index in [1.54, 1.807) is 0 Å². The Morgan fingerprint density at radius 3 is 2.94 bits per heavy atom. The smallest absolute Gasteiger partial charge is 0.196 e. The van der Waals surface area contributed by atoms with E-state index in [-0.39, 0.29) is 5.78 Å². The Kier molecular flexibility index (Phi) is 2.30. The maximum absolute atomic E-state index is 12.4. The number of ketones is 1. The average Bonchev–Trinajstić information content (AvgIpc) is 2.71. The van der Waals surface area contributed by atoms with Crippen molar-refractivity contribution in [1.29, 1.82) is 0 Å². The third kappa shape index (κ3) is 1.50. The number of hydrogen-bond donors (Lipinski definition) is 1. The van der Waals surface area contributed by atoms with E-state index >= 15 is 0 Å². The van der Waals surface area contributed by atoms with Crippen LogP contribution in [0.5, 0.6) is 0 Å². The molecular weight excluding hydrogens is 230 g/mol. The lowest BCUT2D eigenvalue weighted by atomic mass is 9.86. The number of thiophene rings is 1. The molecule has 0 amide bonds. The Bertz CT molecular complexity index is 613. The monoisotopic (exact) mass is 243 g/mol. The van der Waals surface area contributed by atoms with Gasteiger partial charge in [0.15, 0.2) is 5.78 Å². The minimum atomic E-state index is 0.0929. The van der Waals surface area contributed by atoms with Gasteiger partial charge in [-0.15, -0.1) is 11.3 Å². The first-order valence-corrected chi connectivity index (χ1v) is 6.61. The summed E-state index contributed by atoms with van der Waals surface area (Å²) >= 11 is 1.46. The lowest BCUT2D eigenvalue weighted by molar-refractivity contribution is 0.103. The van der Waals surface area contributed by atoms with Gasteiger partial charge in [-0.1, -0.05) is 19.1 Å². The van der Waals surface area contributed by atoms with Gasteiger partial charge in [0, 0.05) is 5.56 Å². The van der Waals surface area contributed by atoms with Crippen LogP contribution in [0.1, 0.15) is 39.5 Å². The van der Waals surface area contributed by atoms with Crippen LogP contribution in [0.25, 0.3) is 0 Å². The molecule has 0 unspecified atom stereocenters. The van der Waals surface area contributed by atoms with Gasteiger partial charge in [0.25, 0.3) is 0 Å². The van der Waals surface area contributed by atoms with E-state index < -0.39 is 0 Å². The van der Waals surface area contributed by atoms with Crippen molar-refractivity contribution >= 4 is 22.1 Å². The van der Waals surface area contributed by atoms with Crippen molar-refractivity contribution < 1.29 is 4.79 Å². The van der Waals surface area contributed by atoms with Crippen LogP contribution < -0.4 is 5.73 Å². The molecular formula is C14H13NOS. The van der Waals surface area contributed by atoms with Gasteiger partial charge in [-0.3, -0.25) is 4.79 Å². The van der Waals surface area contributed by atoms with E-state index in [1.807, 2.05) is 11.4 Å². The van der Waals surface area contributed by atoms with Crippen molar-refractivity contribution in [3.05, 3.63) is 51.4 Å². The highest BCUT2D eigenvalue weighted by molar-refractivity contribution is 7.14. The van der Waals surface area contributed by atoms with Crippen LogP contribution in [-0.2, 0) is 12.8 Å². The predicted octanol–water partition coefficient (Wildman–Crippen LogP) is 3.03. The molecule has 0 saturated heterocycles. The van der Waals surface area contributed by atoms with E-state index in [2.05, 4.69) is 19.1 Å². The highest BCUT2D eigenvalue weighted by atomic mass is 32.1. The van der Waals surface area contributed by atoms with Gasteiger partial charge in [0.1, 0.15) is 0 Å². The van der Waals surface area contributed by atoms with Gasteiger partial charge in [-0.05, 0) is 41.0 Å². The number of anilines is 1. The maximum atomic E-state index is 12.4. The largest absolute Gasteiger partial charge is 0.390 e. The number of carbonyl (C=O) groups excluding carboxylic acids is 1. The summed E-state index contributed by atoms with van der Waals surface area (Å²) in [5, 5.41) is 2.65. The molecule has 1 aliphatic rings. The summed E-state index contributed by atoms with van der Waals surface area (Å²) in [7, 11) is 0. The molecule has 0 saturated carbocycles. The molecule has 0 spiro atoms. The molecule has 1 heterocycles. The normalized spacial score (nSPS) is 13.4. The predicted molar refractivity (Wildman–Crippen MR) is 70.8 cm³/mol. The van der Waals surface area contributed by atoms with Crippen molar-refractivity contribution in [1.82, 2.24) is 0 Å². The number of hydrogen-bond acceptors (Lipinski definition) is 3. The zero-order valence-corrected chi connectivity index (χ0v) is 10.4. The van der Waals surface area contributed by atoms with Gasteiger partial charge in [-0.25, -0.2) is 0 Å². The molecule has 1 aromatic heterocycles. The lowest BCUT2D eigenvalue weighted by Crippen LogP contribution is -2.15. The van der Waals surface area contributed by atoms with Gasteiger partial charge < -0.3 is 5.73 Å². The molecule has 0 atom stereocenters. The number of benzene rings is 1. The third-order valence-corrected chi connectivity index (χ3v) is 4.19. The van der Waals surface area contributed by atoms with Gasteiger partial charge in [0.05, 0.1) is 10.6 Å². The minimum absolute atomic E-state index is 0.0929. The summed E-state index contributed by atoms with van der Waals surface area (Å²) in [5.41, 5.74) is 10.8. The summed E-state index contributed by atoms with van der Waals surface area (Å²) in [5.74, 6) is 0.0929. The Morgan fingerprint density at radius 1 is 1.35 bits per heavy atom. The maximum Gasteiger partial charge on any atom is 0.196 e. The second kappa shape index (κ2) is 3.70. The molecule has 0 fully saturated rings. The number of rotatable bonds is 1. The number of aryl methyl sites for hydroxylation is 1. The highest BCUT2D eigenvalue weighted by Gasteiger charge is 2.26. The van der Waals surface area contributed by atoms with Crippen LogP contribution in [0, 0.1) is 0 Å². The number of carbonyl (C=O) groups is 1. The standard InChI is InChI=1S/C14H13NOS/c1-2-8-3-4-9-6-10-7-17-14(15)12(10)13(16)11(9)5-8/h3-5,7H,2,6,15H2,1H3. The molecule has 17 heavy (non-hydrogen) atoms. The molecule has 1 aromatic carbocycles. The zero-order chi connectivity index (χ0) is 12.0. The summed E-state index contributed by atoms with van der Waals surface area (Å²) in [6.45, 7) is 2.10. The van der Waals surface area contributed by atoms with Gasteiger partial charge in [0.2, 0.25) is 0 Å². The lowest BCUT2D eigenvalue weighted by Gasteiger charge is -2.16. The van der Waals surface area contributed by atoms with Crippen molar-refractivity contribution in [2.24, 2.45) is 0 Å². The summed E-state index contributed by atoms with van der Waals surface area (Å²) < 4.78 is 0. The first-order chi connectivity index (χ1) is 8.20. The van der Waals surface area contributed by atoms with Crippen LogP contribution in [0.15, 0.2) is 23.6 Å². The quantitative estimate of drug-likeness (QED) is 0.714. The molecule has 1 aliphatic carbocycles. The molecule has 2 nitrogen and oxygen atoms in total. The van der Waals surface area contributed by atoms with E-state index in [9.17, 15) is 4.79 Å². The van der Waals surface area contributed by atoms with Crippen LogP contribution in [0.3, 0.4) is 0 Å². The average molecular weight is 243 g/mol. The summed E-state index contributed by atoms with van der Waals surface area (Å²) in [4.78, 5) is 12.4. The summed E-state index contributed by atoms with van der Waals surface area (Å²) in [6.07, 6.45) is 1.78. The first kappa shape index (κ1) is 10.5. The summed E-state index contributed by atoms with van der Waals surface area (Å²) in [6, 6.07) is 6.19. The van der Waals surface area contributed by atoms with E-state index in [0.29, 0.717) is 5.00 Å². The van der Waals surface area contributed by atoms with Crippen molar-refractivity contribution in [3.63, 3.8) is 0 Å². The van der Waals surface area contributed by atoms with Crippen LogP contribution in [-0.4, -0.2) is 5.78 Å². The fourth-order valence-electron chi connectivity index (χ4n) is 2.35. The topological polar surface area (TPSA) is 43.1 Å². The molecule has 0 aliphatic heterocycles. The fraction of sp³-hybridized carbons (Fsp3) is 0.214. The second-order valence-corrected chi connectivity index (χ2v) is 5.26. The van der Waals surface area contributed by atoms with Crippen LogP contribution in [0.2, 0.25) is 0 Å². The Balaban J connectivity index is 2.18. The van der Waals surface area contributed by atoms with Crippen molar-refractivity contribution in [2.45, 2.75) is 19.8 Å². The highest BCUT2D eigenvalue weighted by Crippen LogP contribution is 2.35. The first-order valence-electron chi connectivity index (χ1n) is 5.73. The third-order valence-electron chi connectivity index (χ3n) is 3.33. The van der Waals surface area contributed by atoms with Crippen LogP contribution >= 0.6 is 11.3 Å². The number of nitrogen functional groups attached to an aromatic ring is 1. The van der Waals surface area contributed by atoms with Crippen molar-refractivity contribution in [3.8, 4) is 0 Å². The Labute approximate surface area is 104 Å². The molecule has 2 N–H and O–H groups in total. The SMILES string of the molecule is CCc1ccc2c(c1)C(=O)c1c(csc1N)C2. The number of nitrogens with two attached hydrogens (primary N) is 1. The second-order valence-electron chi connectivity index (χ2n) is 4.35. The van der Waals surface area contributed by atoms with Gasteiger partial charge >= 0.3 is 0 Å². The van der Waals surface area contributed by atoms with Gasteiger partial charge in [-0.2, -0.15) is 0 Å². The molecule has 2 aromatic rings. The van der Waals surface area contributed by atoms with Crippen molar-refractivity contribution in [2.75, 3.05) is 5.73 Å². The van der Waals surface area contributed by atoms with E-state index in [4.69, 9.17) is 5.73 Å². The van der Waals surface area contributed by atoms with E-state index in [1.165, 1.54) is 16.9 Å². The van der Waals surface area contributed by atoms with Crippen LogP contribution in [0.4, 0.5) is 5.00 Å². The fourth-order valence-corrected chi connectivity index (χ4v) is 3.16. The zero-order valence-electron chi connectivity index (χ0n) is 9.62. The Morgan fingerprint density at radius 2 is 2.18 bits per heavy atom. The number of fused-ring (bicyclic) bond motifs is 2. The molecule has 3 heteroatoms. The Hall–Kier alpha value is -1.61. The molecule has 0 radical (unpaired) electrons. The van der Waals surface area contributed by atoms with E-state index in [0.717, 1.165) is 35.1 Å².